The van der Waals surface area contributed by atoms with Gasteiger partial charge in [0.25, 0.3) is 0 Å². The van der Waals surface area contributed by atoms with E-state index >= 15 is 0 Å². The lowest BCUT2D eigenvalue weighted by Gasteiger charge is -2.56. The highest BCUT2D eigenvalue weighted by Crippen LogP contribution is 2.48. The summed E-state index contributed by atoms with van der Waals surface area (Å²) < 4.78 is 1.82. The minimum atomic E-state index is 0.191. The molecule has 9 heteroatoms. The Morgan fingerprint density at radius 3 is 2.75 bits per heavy atom. The van der Waals surface area contributed by atoms with Crippen molar-refractivity contribution in [2.24, 2.45) is 5.41 Å². The van der Waals surface area contributed by atoms with Crippen LogP contribution in [0, 0.1) is 12.3 Å². The van der Waals surface area contributed by atoms with Crippen LogP contribution in [0.4, 0.5) is 0 Å². The molecule has 1 atom stereocenters. The zero-order valence-corrected chi connectivity index (χ0v) is 21.2. The number of piperidine rings is 1. The van der Waals surface area contributed by atoms with E-state index in [1.807, 2.05) is 22.4 Å². The van der Waals surface area contributed by atoms with E-state index in [4.69, 9.17) is 0 Å². The van der Waals surface area contributed by atoms with Gasteiger partial charge in [-0.1, -0.05) is 23.5 Å². The van der Waals surface area contributed by atoms with Crippen LogP contribution in [0.2, 0.25) is 0 Å². The van der Waals surface area contributed by atoms with Gasteiger partial charge in [-0.25, -0.2) is 19.5 Å². The Bertz CT molecular complexity index is 1430. The molecule has 3 aliphatic rings. The number of fused-ring (bicyclic) bond motifs is 2. The number of likely N-dealkylation sites (tertiary alicyclic amines) is 2. The summed E-state index contributed by atoms with van der Waals surface area (Å²) in [5.41, 5.74) is 5.27. The molecule has 0 radical (unpaired) electrons. The summed E-state index contributed by atoms with van der Waals surface area (Å²) in [7, 11) is 0. The normalized spacial score (nSPS) is 21.1. The number of imidazole rings is 1. The molecule has 1 amide bonds. The van der Waals surface area contributed by atoms with Crippen LogP contribution in [0.25, 0.3) is 16.3 Å². The molecule has 0 N–H and O–H groups in total. The van der Waals surface area contributed by atoms with Crippen molar-refractivity contribution in [1.82, 2.24) is 34.4 Å². The van der Waals surface area contributed by atoms with Crippen molar-refractivity contribution in [2.45, 2.75) is 45.1 Å². The summed E-state index contributed by atoms with van der Waals surface area (Å²) >= 11 is 1.56. The van der Waals surface area contributed by atoms with E-state index in [0.29, 0.717) is 17.9 Å². The quantitative estimate of drug-likeness (QED) is 0.426. The Morgan fingerprint density at radius 1 is 1.14 bits per heavy atom. The number of amides is 1. The topological polar surface area (TPSA) is 79.5 Å². The number of rotatable bonds is 4. The van der Waals surface area contributed by atoms with Gasteiger partial charge < -0.3 is 4.90 Å². The predicted octanol–water partition coefficient (Wildman–Crippen LogP) is 3.71. The highest BCUT2D eigenvalue weighted by Gasteiger charge is 2.48. The van der Waals surface area contributed by atoms with Gasteiger partial charge in [0, 0.05) is 50.2 Å². The molecule has 36 heavy (non-hydrogen) atoms. The average Bonchev–Trinajstić information content (AvgIpc) is 3.57. The van der Waals surface area contributed by atoms with Gasteiger partial charge in [0.15, 0.2) is 5.82 Å². The van der Waals surface area contributed by atoms with Gasteiger partial charge in [0.1, 0.15) is 5.01 Å². The average molecular weight is 500 g/mol. The summed E-state index contributed by atoms with van der Waals surface area (Å²) in [4.78, 5) is 31.8. The molecule has 1 unspecified atom stereocenters. The number of aromatic nitrogens is 5. The largest absolute Gasteiger partial charge is 0.342 e. The fourth-order valence-corrected chi connectivity index (χ4v) is 7.10. The van der Waals surface area contributed by atoms with E-state index in [9.17, 15) is 4.79 Å². The van der Waals surface area contributed by atoms with Gasteiger partial charge in [0.2, 0.25) is 10.9 Å². The number of aryl methyl sites for hydroxylation is 2. The summed E-state index contributed by atoms with van der Waals surface area (Å²) in [6.07, 6.45) is 10.3. The standard InChI is InChI=1S/C27H29N7OS/c1-18-31-34-21(15-30-26(34)36-18)14-24(35)32-11-7-27(8-12-32)16-33(17-27)23-6-4-19-13-20(3-5-22(19)23)25-28-9-2-10-29-25/h2-3,5,9-10,13,15,23H,4,6-8,11-12,14,16-17H2,1H3. The maximum atomic E-state index is 13.0. The fraction of sp³-hybridized carbons (Fsp3) is 0.444. The number of carbonyl (C=O) groups excluding carboxylic acids is 1. The Morgan fingerprint density at radius 2 is 1.94 bits per heavy atom. The van der Waals surface area contributed by atoms with Crippen LogP contribution in [0.3, 0.4) is 0 Å². The van der Waals surface area contributed by atoms with E-state index in [0.717, 1.165) is 72.5 Å². The summed E-state index contributed by atoms with van der Waals surface area (Å²) in [5, 5.41) is 5.46. The first kappa shape index (κ1) is 22.1. The molecule has 5 heterocycles. The van der Waals surface area contributed by atoms with Crippen molar-refractivity contribution >= 4 is 22.2 Å². The molecule has 2 saturated heterocycles. The Balaban J connectivity index is 0.960. The highest BCUT2D eigenvalue weighted by molar-refractivity contribution is 7.16. The molecule has 1 aliphatic carbocycles. The maximum absolute atomic E-state index is 13.0. The van der Waals surface area contributed by atoms with Gasteiger partial charge in [0.05, 0.1) is 18.3 Å². The van der Waals surface area contributed by atoms with Crippen LogP contribution in [-0.2, 0) is 17.6 Å². The van der Waals surface area contributed by atoms with Gasteiger partial charge in [-0.2, -0.15) is 5.10 Å². The second kappa shape index (κ2) is 8.45. The highest BCUT2D eigenvalue weighted by atomic mass is 32.1. The molecule has 1 aromatic carbocycles. The number of hydrogen-bond donors (Lipinski definition) is 0. The first-order chi connectivity index (χ1) is 17.6. The molecule has 7 rings (SSSR count). The molecule has 184 valence electrons. The van der Waals surface area contributed by atoms with Crippen LogP contribution >= 0.6 is 11.3 Å². The van der Waals surface area contributed by atoms with E-state index < -0.39 is 0 Å². The van der Waals surface area contributed by atoms with Crippen LogP contribution in [0.5, 0.6) is 0 Å². The lowest BCUT2D eigenvalue weighted by molar-refractivity contribution is -0.136. The van der Waals surface area contributed by atoms with Crippen molar-refractivity contribution in [1.29, 1.82) is 0 Å². The molecule has 2 fully saturated rings. The predicted molar refractivity (Wildman–Crippen MR) is 138 cm³/mol. The molecule has 0 bridgehead atoms. The maximum Gasteiger partial charge on any atom is 0.228 e. The summed E-state index contributed by atoms with van der Waals surface area (Å²) in [5.74, 6) is 0.990. The van der Waals surface area contributed by atoms with E-state index in [2.05, 4.69) is 43.1 Å². The van der Waals surface area contributed by atoms with Crippen molar-refractivity contribution in [3.05, 3.63) is 64.7 Å². The zero-order chi connectivity index (χ0) is 24.3. The van der Waals surface area contributed by atoms with Crippen LogP contribution in [0.1, 0.15) is 47.1 Å². The smallest absolute Gasteiger partial charge is 0.228 e. The van der Waals surface area contributed by atoms with E-state index in [-0.39, 0.29) is 5.91 Å². The second-order valence-corrected chi connectivity index (χ2v) is 11.7. The van der Waals surface area contributed by atoms with Crippen molar-refractivity contribution in [3.63, 3.8) is 0 Å². The van der Waals surface area contributed by atoms with E-state index in [1.54, 1.807) is 29.9 Å². The van der Waals surface area contributed by atoms with E-state index in [1.165, 1.54) is 17.5 Å². The number of nitrogens with zero attached hydrogens (tertiary/aromatic N) is 7. The third kappa shape index (κ3) is 3.72. The molecule has 4 aromatic rings. The van der Waals surface area contributed by atoms with Crippen molar-refractivity contribution in [2.75, 3.05) is 26.2 Å². The Hall–Kier alpha value is -3.17. The monoisotopic (exact) mass is 499 g/mol. The summed E-state index contributed by atoms with van der Waals surface area (Å²) in [6, 6.07) is 9.12. The number of benzene rings is 1. The van der Waals surface area contributed by atoms with Gasteiger partial charge in [-0.15, -0.1) is 0 Å². The third-order valence-corrected chi connectivity index (χ3v) is 9.14. The Kier molecular flexibility index (Phi) is 5.18. The molecule has 3 aromatic heterocycles. The minimum absolute atomic E-state index is 0.191. The Labute approximate surface area is 214 Å². The number of carbonyl (C=O) groups is 1. The summed E-state index contributed by atoms with van der Waals surface area (Å²) in [6.45, 7) is 5.96. The minimum Gasteiger partial charge on any atom is -0.342 e. The molecular weight excluding hydrogens is 470 g/mol. The third-order valence-electron chi connectivity index (χ3n) is 8.30. The molecule has 1 spiro atoms. The van der Waals surface area contributed by atoms with Crippen LogP contribution < -0.4 is 0 Å². The lowest BCUT2D eigenvalue weighted by Crippen LogP contribution is -2.61. The fourth-order valence-electron chi connectivity index (χ4n) is 6.36. The number of hydrogen-bond acceptors (Lipinski definition) is 7. The van der Waals surface area contributed by atoms with Gasteiger partial charge >= 0.3 is 0 Å². The first-order valence-electron chi connectivity index (χ1n) is 12.8. The van der Waals surface area contributed by atoms with Crippen molar-refractivity contribution < 1.29 is 4.79 Å². The SMILES string of the molecule is Cc1nn2c(CC(=O)N3CCC4(CC3)CN(C3CCc5cc(-c6ncccn6)ccc53)C4)cnc2s1. The van der Waals surface area contributed by atoms with Gasteiger partial charge in [-0.05, 0) is 61.3 Å². The van der Waals surface area contributed by atoms with Crippen molar-refractivity contribution in [3.8, 4) is 11.4 Å². The molecule has 0 saturated carbocycles. The lowest BCUT2D eigenvalue weighted by atomic mass is 9.71. The zero-order valence-electron chi connectivity index (χ0n) is 20.4. The second-order valence-electron chi connectivity index (χ2n) is 10.6. The molecular formula is C27H29N7OS. The first-order valence-corrected chi connectivity index (χ1v) is 13.6. The van der Waals surface area contributed by atoms with Gasteiger partial charge in [-0.3, -0.25) is 9.69 Å². The van der Waals surface area contributed by atoms with Crippen LogP contribution in [0.15, 0.2) is 42.9 Å². The molecule has 8 nitrogen and oxygen atoms in total. The molecule has 2 aliphatic heterocycles. The van der Waals surface area contributed by atoms with Crippen LogP contribution in [-0.4, -0.2) is 66.5 Å².